The summed E-state index contributed by atoms with van der Waals surface area (Å²) >= 11 is 0. The van der Waals surface area contributed by atoms with Crippen molar-refractivity contribution in [2.75, 3.05) is 0 Å². The average Bonchev–Trinajstić information content (AvgIpc) is 2.72. The molecule has 2 N–H and O–H groups in total. The molecule has 5 heteroatoms. The van der Waals surface area contributed by atoms with Gasteiger partial charge in [-0.2, -0.15) is 0 Å². The van der Waals surface area contributed by atoms with Gasteiger partial charge >= 0.3 is 6.03 Å². The molecule has 4 aliphatic rings. The normalized spacial score (nSPS) is 39.5. The Balaban J connectivity index is 1.56. The third-order valence-electron chi connectivity index (χ3n) is 5.25. The summed E-state index contributed by atoms with van der Waals surface area (Å²) in [6.45, 7) is 0. The Labute approximate surface area is 112 Å². The van der Waals surface area contributed by atoms with Crippen LogP contribution in [0, 0.1) is 17.8 Å². The molecule has 0 radical (unpaired) electrons. The highest BCUT2D eigenvalue weighted by Gasteiger charge is 2.51. The molecule has 1 aromatic heterocycles. The van der Waals surface area contributed by atoms with Crippen molar-refractivity contribution in [3.05, 3.63) is 12.5 Å². The number of hydrogen-bond acceptors (Lipinski definition) is 3. The van der Waals surface area contributed by atoms with Crippen LogP contribution in [0.15, 0.2) is 12.5 Å². The van der Waals surface area contributed by atoms with Gasteiger partial charge in [0.15, 0.2) is 0 Å². The van der Waals surface area contributed by atoms with E-state index in [-0.39, 0.29) is 17.5 Å². The van der Waals surface area contributed by atoms with E-state index in [0.29, 0.717) is 0 Å². The predicted molar refractivity (Wildman–Crippen MR) is 68.7 cm³/mol. The second kappa shape index (κ2) is 3.74. The maximum Gasteiger partial charge on any atom is 0.330 e. The van der Waals surface area contributed by atoms with Crippen LogP contribution < -0.4 is 5.32 Å². The molecule has 4 fully saturated rings. The Bertz CT molecular complexity index is 487. The summed E-state index contributed by atoms with van der Waals surface area (Å²) in [7, 11) is 0. The maximum atomic E-state index is 12.3. The first-order valence-electron chi connectivity index (χ1n) is 7.17. The molecule has 102 valence electrons. The molecule has 5 rings (SSSR count). The summed E-state index contributed by atoms with van der Waals surface area (Å²) < 4.78 is 1.19. The van der Waals surface area contributed by atoms with E-state index in [1.54, 1.807) is 0 Å². The molecular formula is C14H19N3O2. The highest BCUT2D eigenvalue weighted by molar-refractivity contribution is 5.78. The predicted octanol–water partition coefficient (Wildman–Crippen LogP) is 2.12. The van der Waals surface area contributed by atoms with E-state index >= 15 is 0 Å². The van der Waals surface area contributed by atoms with Gasteiger partial charge in [0, 0.05) is 5.54 Å². The summed E-state index contributed by atoms with van der Waals surface area (Å²) in [5.41, 5.74) is -0.0253. The molecule has 4 aliphatic carbocycles. The van der Waals surface area contributed by atoms with Gasteiger partial charge in [0.25, 0.3) is 0 Å². The fraction of sp³-hybridized carbons (Fsp3) is 0.714. The molecule has 5 nitrogen and oxygen atoms in total. The fourth-order valence-corrected chi connectivity index (χ4v) is 5.00. The van der Waals surface area contributed by atoms with E-state index in [4.69, 9.17) is 0 Å². The van der Waals surface area contributed by atoms with Gasteiger partial charge in [-0.25, -0.2) is 14.3 Å². The third-order valence-corrected chi connectivity index (χ3v) is 5.25. The van der Waals surface area contributed by atoms with Crippen LogP contribution in [0.4, 0.5) is 4.79 Å². The monoisotopic (exact) mass is 261 g/mol. The molecule has 0 saturated heterocycles. The van der Waals surface area contributed by atoms with Gasteiger partial charge in [-0.15, -0.1) is 0 Å². The molecule has 19 heavy (non-hydrogen) atoms. The summed E-state index contributed by atoms with van der Waals surface area (Å²) in [5.74, 6) is 2.29. The number of hydrogen-bond donors (Lipinski definition) is 2. The minimum Gasteiger partial charge on any atom is -0.493 e. The highest BCUT2D eigenvalue weighted by atomic mass is 16.3. The van der Waals surface area contributed by atoms with Crippen molar-refractivity contribution in [3.63, 3.8) is 0 Å². The van der Waals surface area contributed by atoms with Gasteiger partial charge in [-0.3, -0.25) is 0 Å². The molecule has 1 amide bonds. The number of amides is 1. The van der Waals surface area contributed by atoms with Crippen LogP contribution in [0.5, 0.6) is 5.88 Å². The van der Waals surface area contributed by atoms with Gasteiger partial charge in [0.2, 0.25) is 5.88 Å². The number of nitrogens with one attached hydrogen (secondary N) is 1. The summed E-state index contributed by atoms with van der Waals surface area (Å²) in [6, 6.07) is -0.239. The fourth-order valence-electron chi connectivity index (χ4n) is 5.00. The molecule has 0 unspecified atom stereocenters. The van der Waals surface area contributed by atoms with Crippen molar-refractivity contribution < 1.29 is 9.90 Å². The molecule has 0 spiro atoms. The van der Waals surface area contributed by atoms with E-state index in [1.807, 2.05) is 0 Å². The number of rotatable bonds is 1. The zero-order valence-corrected chi connectivity index (χ0v) is 10.9. The Hall–Kier alpha value is -1.52. The minimum atomic E-state index is -0.239. The topological polar surface area (TPSA) is 67.2 Å². The first kappa shape index (κ1) is 11.3. The average molecular weight is 261 g/mol. The number of imidazole rings is 1. The van der Waals surface area contributed by atoms with Crippen LogP contribution in [0.3, 0.4) is 0 Å². The van der Waals surface area contributed by atoms with Crippen LogP contribution in [-0.4, -0.2) is 26.2 Å². The quantitative estimate of drug-likeness (QED) is 0.813. The number of carbonyl (C=O) groups excluding carboxylic acids is 1. The van der Waals surface area contributed by atoms with Crippen LogP contribution in [0.1, 0.15) is 38.5 Å². The van der Waals surface area contributed by atoms with E-state index in [1.165, 1.54) is 36.4 Å². The van der Waals surface area contributed by atoms with E-state index < -0.39 is 0 Å². The lowest BCUT2D eigenvalue weighted by Crippen LogP contribution is -2.60. The van der Waals surface area contributed by atoms with Crippen molar-refractivity contribution in [1.82, 2.24) is 14.9 Å². The third kappa shape index (κ3) is 1.75. The zero-order chi connectivity index (χ0) is 13.0. The van der Waals surface area contributed by atoms with Crippen LogP contribution in [0.2, 0.25) is 0 Å². The Morgan fingerprint density at radius 1 is 1.26 bits per heavy atom. The standard InChI is InChI=1S/C14H19N3O2/c18-12-7-15-8-17(12)13(19)16-14-4-9-1-10(5-14)3-11(2-9)6-14/h7-11,18H,1-6H2,(H,16,19). The molecule has 0 aromatic carbocycles. The zero-order valence-electron chi connectivity index (χ0n) is 10.9. The largest absolute Gasteiger partial charge is 0.493 e. The van der Waals surface area contributed by atoms with Gasteiger partial charge in [0.05, 0.1) is 6.20 Å². The van der Waals surface area contributed by atoms with Crippen molar-refractivity contribution in [1.29, 1.82) is 0 Å². The first-order chi connectivity index (χ1) is 9.13. The molecular weight excluding hydrogens is 242 g/mol. The number of aromatic nitrogens is 2. The van der Waals surface area contributed by atoms with Gasteiger partial charge < -0.3 is 10.4 Å². The molecule has 4 saturated carbocycles. The summed E-state index contributed by atoms with van der Waals surface area (Å²) in [5, 5.41) is 12.8. The summed E-state index contributed by atoms with van der Waals surface area (Å²) in [4.78, 5) is 16.1. The number of nitrogens with zero attached hydrogens (tertiary/aromatic N) is 2. The first-order valence-corrected chi connectivity index (χ1v) is 7.17. The molecule has 1 heterocycles. The summed E-state index contributed by atoms with van der Waals surface area (Å²) in [6.07, 6.45) is 10.0. The van der Waals surface area contributed by atoms with E-state index in [2.05, 4.69) is 10.3 Å². The molecule has 0 atom stereocenters. The molecule has 4 bridgehead atoms. The number of carbonyl (C=O) groups is 1. The van der Waals surface area contributed by atoms with Gasteiger partial charge in [-0.1, -0.05) is 0 Å². The highest BCUT2D eigenvalue weighted by Crippen LogP contribution is 2.55. The van der Waals surface area contributed by atoms with Gasteiger partial charge in [-0.05, 0) is 56.3 Å². The second-order valence-corrected chi connectivity index (χ2v) is 6.75. The van der Waals surface area contributed by atoms with Crippen molar-refractivity contribution in [3.8, 4) is 5.88 Å². The van der Waals surface area contributed by atoms with Crippen LogP contribution in [-0.2, 0) is 0 Å². The van der Waals surface area contributed by atoms with Crippen molar-refractivity contribution >= 4 is 6.03 Å². The maximum absolute atomic E-state index is 12.3. The van der Waals surface area contributed by atoms with E-state index in [9.17, 15) is 9.90 Å². The Morgan fingerprint density at radius 3 is 2.32 bits per heavy atom. The van der Waals surface area contributed by atoms with E-state index in [0.717, 1.165) is 37.0 Å². The van der Waals surface area contributed by atoms with Crippen LogP contribution >= 0.6 is 0 Å². The van der Waals surface area contributed by atoms with Crippen molar-refractivity contribution in [2.45, 2.75) is 44.1 Å². The lowest BCUT2D eigenvalue weighted by Gasteiger charge is -2.56. The lowest BCUT2D eigenvalue weighted by molar-refractivity contribution is -0.0135. The van der Waals surface area contributed by atoms with Crippen molar-refractivity contribution in [2.24, 2.45) is 17.8 Å². The van der Waals surface area contributed by atoms with Gasteiger partial charge in [0.1, 0.15) is 6.33 Å². The Kier molecular flexibility index (Phi) is 2.23. The minimum absolute atomic E-state index is 0.0253. The molecule has 0 aliphatic heterocycles. The van der Waals surface area contributed by atoms with Crippen LogP contribution in [0.25, 0.3) is 0 Å². The SMILES string of the molecule is O=C(NC12CC3CC(CC(C3)C1)C2)n1cncc1O. The second-order valence-electron chi connectivity index (χ2n) is 6.75. The Morgan fingerprint density at radius 2 is 1.84 bits per heavy atom. The smallest absolute Gasteiger partial charge is 0.330 e. The molecule has 1 aromatic rings. The number of aromatic hydroxyl groups is 1. The lowest BCUT2D eigenvalue weighted by atomic mass is 9.53.